The van der Waals surface area contributed by atoms with Gasteiger partial charge in [0.25, 0.3) is 0 Å². The van der Waals surface area contributed by atoms with Crippen LogP contribution in [0.3, 0.4) is 0 Å². The Hall–Kier alpha value is -0.540. The van der Waals surface area contributed by atoms with E-state index in [2.05, 4.69) is 21.2 Å². The molecule has 4 heteroatoms. The molecule has 1 amide bonds. The van der Waals surface area contributed by atoms with Crippen LogP contribution >= 0.6 is 27.5 Å². The lowest BCUT2D eigenvalue weighted by atomic mass is 10.1. The van der Waals surface area contributed by atoms with Gasteiger partial charge in [-0.2, -0.15) is 0 Å². The summed E-state index contributed by atoms with van der Waals surface area (Å²) in [6.45, 7) is 2.74. The van der Waals surface area contributed by atoms with E-state index < -0.39 is 0 Å². The molecule has 0 aliphatic carbocycles. The van der Waals surface area contributed by atoms with Crippen molar-refractivity contribution < 1.29 is 4.79 Å². The van der Waals surface area contributed by atoms with Gasteiger partial charge in [0, 0.05) is 11.6 Å². The van der Waals surface area contributed by atoms with Crippen LogP contribution in [-0.4, -0.2) is 17.3 Å². The predicted molar refractivity (Wildman–Crippen MR) is 71.2 cm³/mol. The Balaban J connectivity index is 2.54. The maximum absolute atomic E-state index is 11.6. The maximum Gasteiger partial charge on any atom is 0.234 e. The lowest BCUT2D eigenvalue weighted by Gasteiger charge is -2.11. The number of alkyl halides is 1. The normalized spacial score (nSPS) is 12.2. The summed E-state index contributed by atoms with van der Waals surface area (Å²) in [5, 5.41) is 3.55. The molecule has 1 atom stereocenters. The highest BCUT2D eigenvalue weighted by Crippen LogP contribution is 2.19. The van der Waals surface area contributed by atoms with Gasteiger partial charge in [-0.3, -0.25) is 4.79 Å². The molecule has 16 heavy (non-hydrogen) atoms. The van der Waals surface area contributed by atoms with E-state index >= 15 is 0 Å². The van der Waals surface area contributed by atoms with E-state index in [1.807, 2.05) is 31.2 Å². The molecular weight excluding hydrogens is 289 g/mol. The molecule has 0 radical (unpaired) electrons. The lowest BCUT2D eigenvalue weighted by molar-refractivity contribution is -0.120. The predicted octanol–water partition coefficient (Wildman–Crippen LogP) is 3.17. The zero-order chi connectivity index (χ0) is 12.0. The largest absolute Gasteiger partial charge is 0.355 e. The van der Waals surface area contributed by atoms with Crippen molar-refractivity contribution in [3.05, 3.63) is 34.9 Å². The molecule has 0 bridgehead atoms. The topological polar surface area (TPSA) is 29.1 Å². The molecule has 1 N–H and O–H groups in total. The van der Waals surface area contributed by atoms with E-state index in [9.17, 15) is 4.79 Å². The highest BCUT2D eigenvalue weighted by molar-refractivity contribution is 9.10. The zero-order valence-corrected chi connectivity index (χ0v) is 11.5. The van der Waals surface area contributed by atoms with Gasteiger partial charge < -0.3 is 5.32 Å². The maximum atomic E-state index is 11.6. The van der Waals surface area contributed by atoms with E-state index in [1.54, 1.807) is 0 Å². The Morgan fingerprint density at radius 2 is 2.19 bits per heavy atom. The highest BCUT2D eigenvalue weighted by atomic mass is 79.9. The first-order valence-electron chi connectivity index (χ1n) is 5.30. The van der Waals surface area contributed by atoms with Gasteiger partial charge >= 0.3 is 0 Å². The molecule has 2 nitrogen and oxygen atoms in total. The van der Waals surface area contributed by atoms with Crippen molar-refractivity contribution in [1.82, 2.24) is 5.32 Å². The number of nitrogens with one attached hydrogen (secondary N) is 1. The standard InChI is InChI=1S/C12H15BrClNO/c1-2-7-15-12(16)10(13)8-9-5-3-4-6-11(9)14/h3-6,10H,2,7-8H2,1H3,(H,15,16). The van der Waals surface area contributed by atoms with E-state index in [4.69, 9.17) is 11.6 Å². The fraction of sp³-hybridized carbons (Fsp3) is 0.417. The Morgan fingerprint density at radius 3 is 2.81 bits per heavy atom. The van der Waals surface area contributed by atoms with Crippen LogP contribution in [0.5, 0.6) is 0 Å². The van der Waals surface area contributed by atoms with Crippen LogP contribution in [0.15, 0.2) is 24.3 Å². The van der Waals surface area contributed by atoms with Crippen LogP contribution in [0.4, 0.5) is 0 Å². The van der Waals surface area contributed by atoms with Crippen molar-refractivity contribution in [3.63, 3.8) is 0 Å². The molecule has 0 saturated heterocycles. The average molecular weight is 305 g/mol. The van der Waals surface area contributed by atoms with Crippen molar-refractivity contribution in [3.8, 4) is 0 Å². The van der Waals surface area contributed by atoms with Gasteiger partial charge in [-0.1, -0.05) is 52.7 Å². The van der Waals surface area contributed by atoms with E-state index in [0.717, 1.165) is 12.0 Å². The average Bonchev–Trinajstić information content (AvgIpc) is 2.28. The second kappa shape index (κ2) is 6.92. The van der Waals surface area contributed by atoms with Crippen LogP contribution in [-0.2, 0) is 11.2 Å². The number of carbonyl (C=O) groups is 1. The van der Waals surface area contributed by atoms with Crippen molar-refractivity contribution in [2.75, 3.05) is 6.54 Å². The zero-order valence-electron chi connectivity index (χ0n) is 9.17. The van der Waals surface area contributed by atoms with Crippen molar-refractivity contribution in [2.45, 2.75) is 24.6 Å². The molecule has 1 unspecified atom stereocenters. The third kappa shape index (κ3) is 4.14. The smallest absolute Gasteiger partial charge is 0.234 e. The molecule has 1 rings (SSSR count). The Kier molecular flexibility index (Phi) is 5.85. The van der Waals surface area contributed by atoms with Gasteiger partial charge in [0.15, 0.2) is 0 Å². The quantitative estimate of drug-likeness (QED) is 0.832. The first-order valence-corrected chi connectivity index (χ1v) is 6.59. The molecular formula is C12H15BrClNO. The van der Waals surface area contributed by atoms with E-state index in [0.29, 0.717) is 18.0 Å². The number of hydrogen-bond acceptors (Lipinski definition) is 1. The van der Waals surface area contributed by atoms with Crippen molar-refractivity contribution in [1.29, 1.82) is 0 Å². The first kappa shape index (κ1) is 13.5. The number of carbonyl (C=O) groups excluding carboxylic acids is 1. The van der Waals surface area contributed by atoms with Crippen LogP contribution in [0, 0.1) is 0 Å². The molecule has 0 aliphatic rings. The van der Waals surface area contributed by atoms with Gasteiger partial charge in [-0.25, -0.2) is 0 Å². The molecule has 0 aromatic heterocycles. The number of benzene rings is 1. The number of rotatable bonds is 5. The number of halogens is 2. The molecule has 0 spiro atoms. The summed E-state index contributed by atoms with van der Waals surface area (Å²) < 4.78 is 0. The molecule has 1 aromatic carbocycles. The Morgan fingerprint density at radius 1 is 1.50 bits per heavy atom. The summed E-state index contributed by atoms with van der Waals surface area (Å²) >= 11 is 9.40. The van der Waals surface area contributed by atoms with E-state index in [1.165, 1.54) is 0 Å². The van der Waals surface area contributed by atoms with Crippen LogP contribution in [0.2, 0.25) is 5.02 Å². The minimum absolute atomic E-state index is 0.0155. The minimum atomic E-state index is -0.223. The third-order valence-corrected chi connectivity index (χ3v) is 3.30. The van der Waals surface area contributed by atoms with E-state index in [-0.39, 0.29) is 10.7 Å². The Labute approximate surface area is 110 Å². The van der Waals surface area contributed by atoms with Crippen molar-refractivity contribution in [2.24, 2.45) is 0 Å². The fourth-order valence-electron chi connectivity index (χ4n) is 1.31. The van der Waals surface area contributed by atoms with Crippen LogP contribution < -0.4 is 5.32 Å². The molecule has 0 heterocycles. The second-order valence-corrected chi connectivity index (χ2v) is 5.07. The number of amides is 1. The summed E-state index contributed by atoms with van der Waals surface area (Å²) in [6.07, 6.45) is 1.55. The fourth-order valence-corrected chi connectivity index (χ4v) is 2.03. The first-order chi connectivity index (χ1) is 7.65. The SMILES string of the molecule is CCCNC(=O)C(Br)Cc1ccccc1Cl. The number of hydrogen-bond donors (Lipinski definition) is 1. The summed E-state index contributed by atoms with van der Waals surface area (Å²) in [5.74, 6) is 0.0155. The van der Waals surface area contributed by atoms with Gasteiger partial charge in [-0.15, -0.1) is 0 Å². The molecule has 0 aliphatic heterocycles. The van der Waals surface area contributed by atoms with Gasteiger partial charge in [0.1, 0.15) is 0 Å². The summed E-state index contributed by atoms with van der Waals surface area (Å²) in [4.78, 5) is 11.4. The van der Waals surface area contributed by atoms with Crippen molar-refractivity contribution >= 4 is 33.4 Å². The van der Waals surface area contributed by atoms with Gasteiger partial charge in [0.2, 0.25) is 5.91 Å². The summed E-state index contributed by atoms with van der Waals surface area (Å²) in [5.41, 5.74) is 0.984. The molecule has 0 fully saturated rings. The Bertz CT molecular complexity index is 357. The highest BCUT2D eigenvalue weighted by Gasteiger charge is 2.15. The second-order valence-electron chi connectivity index (χ2n) is 3.55. The summed E-state index contributed by atoms with van der Waals surface area (Å²) in [7, 11) is 0. The van der Waals surface area contributed by atoms with Gasteiger partial charge in [0.05, 0.1) is 4.83 Å². The molecule has 1 aromatic rings. The van der Waals surface area contributed by atoms with Crippen LogP contribution in [0.25, 0.3) is 0 Å². The van der Waals surface area contributed by atoms with Gasteiger partial charge in [-0.05, 0) is 24.5 Å². The minimum Gasteiger partial charge on any atom is -0.355 e. The third-order valence-electron chi connectivity index (χ3n) is 2.19. The molecule has 0 saturated carbocycles. The summed E-state index contributed by atoms with van der Waals surface area (Å²) in [6, 6.07) is 7.57. The molecule has 88 valence electrons. The monoisotopic (exact) mass is 303 g/mol. The van der Waals surface area contributed by atoms with Crippen LogP contribution in [0.1, 0.15) is 18.9 Å². The lowest BCUT2D eigenvalue weighted by Crippen LogP contribution is -2.32.